The molecule has 1 aromatic carbocycles. The van der Waals surface area contributed by atoms with Gasteiger partial charge in [0.25, 0.3) is 5.69 Å². The van der Waals surface area contributed by atoms with Gasteiger partial charge < -0.3 is 4.74 Å². The molecular formula is C12H14NO4. The van der Waals surface area contributed by atoms with Gasteiger partial charge in [0.1, 0.15) is 6.61 Å². The van der Waals surface area contributed by atoms with Crippen LogP contribution in [0.4, 0.5) is 5.69 Å². The van der Waals surface area contributed by atoms with Crippen molar-refractivity contribution in [3.63, 3.8) is 0 Å². The van der Waals surface area contributed by atoms with Crippen molar-refractivity contribution in [2.24, 2.45) is 0 Å². The molecule has 0 aliphatic rings. The number of rotatable bonds is 6. The van der Waals surface area contributed by atoms with E-state index in [1.165, 1.54) is 18.6 Å². The van der Waals surface area contributed by atoms with Gasteiger partial charge in [0, 0.05) is 12.1 Å². The van der Waals surface area contributed by atoms with Gasteiger partial charge in [0.2, 0.25) is 0 Å². The zero-order chi connectivity index (χ0) is 12.7. The number of hydrogen-bond acceptors (Lipinski definition) is 4. The first-order chi connectivity index (χ1) is 8.13. The smallest absolute Gasteiger partial charge is 0.310 e. The van der Waals surface area contributed by atoms with Crippen molar-refractivity contribution in [1.82, 2.24) is 0 Å². The van der Waals surface area contributed by atoms with E-state index in [9.17, 15) is 14.9 Å². The zero-order valence-corrected chi connectivity index (χ0v) is 9.59. The van der Waals surface area contributed by atoms with E-state index < -0.39 is 4.92 Å². The molecule has 0 saturated heterocycles. The molecule has 17 heavy (non-hydrogen) atoms. The minimum Gasteiger partial charge on any atom is -0.461 e. The monoisotopic (exact) mass is 236 g/mol. The lowest BCUT2D eigenvalue weighted by Crippen LogP contribution is -2.04. The number of esters is 1. The second-order valence-electron chi connectivity index (χ2n) is 3.52. The third-order valence-electron chi connectivity index (χ3n) is 2.13. The molecule has 0 unspecified atom stereocenters. The fraction of sp³-hybridized carbons (Fsp3) is 0.333. The number of unbranched alkanes of at least 4 members (excludes halogenated alkanes) is 1. The van der Waals surface area contributed by atoms with Crippen molar-refractivity contribution in [3.05, 3.63) is 46.4 Å². The van der Waals surface area contributed by atoms with Crippen LogP contribution in [0.2, 0.25) is 0 Å². The summed E-state index contributed by atoms with van der Waals surface area (Å²) in [6.45, 7) is 2.11. The molecule has 0 aliphatic heterocycles. The van der Waals surface area contributed by atoms with Crippen LogP contribution in [0, 0.1) is 16.5 Å². The maximum absolute atomic E-state index is 11.2. The van der Waals surface area contributed by atoms with E-state index in [-0.39, 0.29) is 18.3 Å². The number of carbonyl (C=O) groups is 1. The molecule has 5 nitrogen and oxygen atoms in total. The Balaban J connectivity index is 2.42. The number of carbonyl (C=O) groups excluding carboxylic acids is 1. The molecule has 5 heteroatoms. The Bertz CT molecular complexity index is 386. The maximum Gasteiger partial charge on any atom is 0.310 e. The molecule has 0 aromatic heterocycles. The van der Waals surface area contributed by atoms with Gasteiger partial charge in [0.05, 0.1) is 11.3 Å². The van der Waals surface area contributed by atoms with E-state index in [0.29, 0.717) is 6.42 Å². The Morgan fingerprint density at radius 1 is 1.41 bits per heavy atom. The van der Waals surface area contributed by atoms with Crippen molar-refractivity contribution >= 4 is 11.7 Å². The largest absolute Gasteiger partial charge is 0.461 e. The highest BCUT2D eigenvalue weighted by molar-refractivity contribution is 5.78. The average Bonchev–Trinajstić information content (AvgIpc) is 2.34. The van der Waals surface area contributed by atoms with E-state index in [2.05, 4.69) is 0 Å². The van der Waals surface area contributed by atoms with Gasteiger partial charge in [-0.2, -0.15) is 0 Å². The predicted molar refractivity (Wildman–Crippen MR) is 62.1 cm³/mol. The van der Waals surface area contributed by atoms with Crippen LogP contribution < -0.4 is 0 Å². The second-order valence-corrected chi connectivity index (χ2v) is 3.52. The highest BCUT2D eigenvalue weighted by Crippen LogP contribution is 2.12. The summed E-state index contributed by atoms with van der Waals surface area (Å²) in [5.41, 5.74) is 0.756. The van der Waals surface area contributed by atoms with Crippen LogP contribution in [0.25, 0.3) is 0 Å². The van der Waals surface area contributed by atoms with Crippen molar-refractivity contribution in [1.29, 1.82) is 0 Å². The van der Waals surface area contributed by atoms with Crippen molar-refractivity contribution in [2.75, 3.05) is 0 Å². The third-order valence-corrected chi connectivity index (χ3v) is 2.13. The summed E-state index contributed by atoms with van der Waals surface area (Å²) < 4.78 is 4.97. The Hall–Kier alpha value is -1.91. The highest BCUT2D eigenvalue weighted by Gasteiger charge is 2.06. The molecule has 1 aromatic rings. The van der Waals surface area contributed by atoms with Crippen LogP contribution in [-0.4, -0.2) is 10.9 Å². The number of hydrogen-bond donors (Lipinski definition) is 0. The van der Waals surface area contributed by atoms with E-state index in [1.807, 2.05) is 6.92 Å². The van der Waals surface area contributed by atoms with Crippen LogP contribution in [-0.2, 0) is 16.1 Å². The molecule has 0 N–H and O–H groups in total. The fourth-order valence-corrected chi connectivity index (χ4v) is 1.19. The van der Waals surface area contributed by atoms with Crippen LogP contribution in [0.15, 0.2) is 24.3 Å². The SMILES string of the molecule is CCC[CH]C(=O)OCc1ccc([N+](=O)[O-])cc1. The second kappa shape index (κ2) is 6.62. The standard InChI is InChI=1S/C12H14NO4/c1-2-3-4-12(14)17-9-10-5-7-11(8-6-10)13(15)16/h4-8H,2-3,9H2,1H3. The van der Waals surface area contributed by atoms with Gasteiger partial charge in [-0.1, -0.05) is 13.3 Å². The van der Waals surface area contributed by atoms with Gasteiger partial charge >= 0.3 is 5.97 Å². The minimum absolute atomic E-state index is 0.0256. The summed E-state index contributed by atoms with van der Waals surface area (Å²) in [6, 6.07) is 5.92. The molecule has 0 spiro atoms. The lowest BCUT2D eigenvalue weighted by atomic mass is 10.2. The van der Waals surface area contributed by atoms with Gasteiger partial charge in [-0.05, 0) is 24.1 Å². The Kier molecular flexibility index (Phi) is 5.13. The summed E-state index contributed by atoms with van der Waals surface area (Å²) in [7, 11) is 0. The zero-order valence-electron chi connectivity index (χ0n) is 9.59. The minimum atomic E-state index is -0.467. The Morgan fingerprint density at radius 2 is 2.06 bits per heavy atom. The van der Waals surface area contributed by atoms with Gasteiger partial charge in [0.15, 0.2) is 0 Å². The molecule has 0 atom stereocenters. The number of nitro benzene ring substituents is 1. The van der Waals surface area contributed by atoms with Crippen molar-refractivity contribution in [3.8, 4) is 0 Å². The van der Waals surface area contributed by atoms with Crippen molar-refractivity contribution < 1.29 is 14.5 Å². The molecule has 0 fully saturated rings. The first kappa shape index (κ1) is 13.2. The van der Waals surface area contributed by atoms with Gasteiger partial charge in [-0.15, -0.1) is 0 Å². The molecule has 0 heterocycles. The summed E-state index contributed by atoms with van der Waals surface area (Å²) in [5, 5.41) is 10.4. The normalized spacial score (nSPS) is 9.94. The summed E-state index contributed by atoms with van der Waals surface area (Å²) in [5.74, 6) is -0.356. The maximum atomic E-state index is 11.2. The molecule has 1 radical (unpaired) electrons. The number of benzene rings is 1. The number of nitrogens with zero attached hydrogens (tertiary/aromatic N) is 1. The fourth-order valence-electron chi connectivity index (χ4n) is 1.19. The molecular weight excluding hydrogens is 222 g/mol. The number of non-ortho nitro benzene ring substituents is 1. The van der Waals surface area contributed by atoms with Crippen molar-refractivity contribution in [2.45, 2.75) is 26.4 Å². The summed E-state index contributed by atoms with van der Waals surface area (Å²) >= 11 is 0. The molecule has 0 saturated carbocycles. The highest BCUT2D eigenvalue weighted by atomic mass is 16.6. The quantitative estimate of drug-likeness (QED) is 0.432. The van der Waals surface area contributed by atoms with Crippen LogP contribution in [0.3, 0.4) is 0 Å². The Labute approximate surface area is 99.5 Å². The van der Waals surface area contributed by atoms with E-state index in [0.717, 1.165) is 12.0 Å². The third kappa shape index (κ3) is 4.63. The number of nitro groups is 1. The predicted octanol–water partition coefficient (Wildman–Crippen LogP) is 2.64. The first-order valence-electron chi connectivity index (χ1n) is 5.36. The molecule has 0 amide bonds. The van der Waals surface area contributed by atoms with Crippen LogP contribution >= 0.6 is 0 Å². The molecule has 0 aliphatic carbocycles. The van der Waals surface area contributed by atoms with Gasteiger partial charge in [-0.25, -0.2) is 0 Å². The van der Waals surface area contributed by atoms with E-state index in [4.69, 9.17) is 4.74 Å². The topological polar surface area (TPSA) is 69.4 Å². The molecule has 91 valence electrons. The summed E-state index contributed by atoms with van der Waals surface area (Å²) in [4.78, 5) is 21.1. The van der Waals surface area contributed by atoms with E-state index >= 15 is 0 Å². The molecule has 0 bridgehead atoms. The lowest BCUT2D eigenvalue weighted by Gasteiger charge is -2.03. The Morgan fingerprint density at radius 3 is 2.59 bits per heavy atom. The first-order valence-corrected chi connectivity index (χ1v) is 5.36. The van der Waals surface area contributed by atoms with Crippen LogP contribution in [0.1, 0.15) is 25.3 Å². The number of ether oxygens (including phenoxy) is 1. The van der Waals surface area contributed by atoms with Gasteiger partial charge in [-0.3, -0.25) is 14.9 Å². The van der Waals surface area contributed by atoms with Crippen LogP contribution in [0.5, 0.6) is 0 Å². The molecule has 1 rings (SSSR count). The summed E-state index contributed by atoms with van der Waals surface area (Å²) in [6.07, 6.45) is 3.08. The van der Waals surface area contributed by atoms with E-state index in [1.54, 1.807) is 12.1 Å². The average molecular weight is 236 g/mol. The lowest BCUT2D eigenvalue weighted by molar-refractivity contribution is -0.384.